The smallest absolute Gasteiger partial charge is 0.194 e. The fourth-order valence-corrected chi connectivity index (χ4v) is 1.30. The number of aliphatic hydroxyl groups is 1. The number of benzene rings is 1. The van der Waals surface area contributed by atoms with Gasteiger partial charge in [-0.25, -0.2) is 13.2 Å². The monoisotopic (exact) mass is 233 g/mol. The predicted octanol–water partition coefficient (Wildman–Crippen LogP) is 2.68. The van der Waals surface area contributed by atoms with Gasteiger partial charge in [0.2, 0.25) is 0 Å². The van der Waals surface area contributed by atoms with Crippen LogP contribution in [0, 0.1) is 17.5 Å². The van der Waals surface area contributed by atoms with Gasteiger partial charge in [0.1, 0.15) is 0 Å². The molecule has 0 bridgehead atoms. The highest BCUT2D eigenvalue weighted by Gasteiger charge is 2.09. The molecular weight excluding hydrogens is 219 g/mol. The predicted molar refractivity (Wildman–Crippen MR) is 55.7 cm³/mol. The number of hydrogen-bond donors (Lipinski definition) is 2. The van der Waals surface area contributed by atoms with Gasteiger partial charge in [0.05, 0.1) is 0 Å². The van der Waals surface area contributed by atoms with E-state index in [1.807, 2.05) is 0 Å². The van der Waals surface area contributed by atoms with Crippen LogP contribution >= 0.6 is 0 Å². The van der Waals surface area contributed by atoms with Crippen LogP contribution < -0.4 is 5.32 Å². The van der Waals surface area contributed by atoms with Crippen LogP contribution in [-0.2, 0) is 0 Å². The Morgan fingerprint density at radius 3 is 2.19 bits per heavy atom. The van der Waals surface area contributed by atoms with Crippen molar-refractivity contribution in [3.63, 3.8) is 0 Å². The third-order valence-corrected chi connectivity index (χ3v) is 2.15. The number of hydrogen-bond acceptors (Lipinski definition) is 2. The first-order valence-corrected chi connectivity index (χ1v) is 5.14. The Morgan fingerprint density at radius 1 is 1.00 bits per heavy atom. The molecule has 1 rings (SSSR count). The minimum Gasteiger partial charge on any atom is -0.396 e. The Morgan fingerprint density at radius 2 is 1.62 bits per heavy atom. The van der Waals surface area contributed by atoms with Gasteiger partial charge >= 0.3 is 0 Å². The molecule has 0 spiro atoms. The number of unbranched alkanes of at least 4 members (excludes halogenated alkanes) is 2. The summed E-state index contributed by atoms with van der Waals surface area (Å²) < 4.78 is 38.2. The van der Waals surface area contributed by atoms with Crippen LogP contribution in [0.25, 0.3) is 0 Å². The fourth-order valence-electron chi connectivity index (χ4n) is 1.30. The van der Waals surface area contributed by atoms with E-state index in [4.69, 9.17) is 5.11 Å². The topological polar surface area (TPSA) is 32.3 Å². The van der Waals surface area contributed by atoms with Crippen molar-refractivity contribution in [2.24, 2.45) is 0 Å². The van der Waals surface area contributed by atoms with Crippen molar-refractivity contribution in [3.8, 4) is 0 Å². The zero-order chi connectivity index (χ0) is 12.0. The maximum atomic E-state index is 12.8. The summed E-state index contributed by atoms with van der Waals surface area (Å²) in [5, 5.41) is 11.3. The van der Waals surface area contributed by atoms with Gasteiger partial charge in [-0.1, -0.05) is 0 Å². The van der Waals surface area contributed by atoms with Gasteiger partial charge in [-0.05, 0) is 19.3 Å². The third kappa shape index (κ3) is 3.73. The second-order valence-electron chi connectivity index (χ2n) is 3.46. The Bertz CT molecular complexity index is 321. The second-order valence-corrected chi connectivity index (χ2v) is 3.46. The molecule has 0 heterocycles. The lowest BCUT2D eigenvalue weighted by molar-refractivity contribution is 0.283. The summed E-state index contributed by atoms with van der Waals surface area (Å²) in [6.45, 7) is 0.671. The largest absolute Gasteiger partial charge is 0.396 e. The van der Waals surface area contributed by atoms with E-state index < -0.39 is 17.5 Å². The molecule has 0 aliphatic rings. The molecule has 0 atom stereocenters. The Labute approximate surface area is 92.1 Å². The molecule has 0 unspecified atom stereocenters. The standard InChI is InChI=1S/C11H14F3NO/c12-9-6-8(7-10(13)11(9)14)15-4-2-1-3-5-16/h6-7,15-16H,1-5H2. The highest BCUT2D eigenvalue weighted by Crippen LogP contribution is 2.17. The zero-order valence-corrected chi connectivity index (χ0v) is 8.77. The molecule has 0 saturated carbocycles. The first-order valence-electron chi connectivity index (χ1n) is 5.14. The van der Waals surface area contributed by atoms with E-state index in [1.165, 1.54) is 0 Å². The average Bonchev–Trinajstić information content (AvgIpc) is 2.25. The number of halogens is 3. The van der Waals surface area contributed by atoms with Crippen molar-refractivity contribution in [1.82, 2.24) is 0 Å². The van der Waals surface area contributed by atoms with E-state index >= 15 is 0 Å². The first-order chi connectivity index (χ1) is 7.65. The number of anilines is 1. The minimum absolute atomic E-state index is 0.139. The lowest BCUT2D eigenvalue weighted by atomic mass is 10.2. The van der Waals surface area contributed by atoms with Gasteiger partial charge in [-0.15, -0.1) is 0 Å². The van der Waals surface area contributed by atoms with E-state index in [-0.39, 0.29) is 12.3 Å². The molecule has 0 radical (unpaired) electrons. The average molecular weight is 233 g/mol. The second kappa shape index (κ2) is 6.37. The SMILES string of the molecule is OCCCCCNc1cc(F)c(F)c(F)c1. The molecule has 0 aromatic heterocycles. The molecule has 0 fully saturated rings. The fraction of sp³-hybridized carbons (Fsp3) is 0.455. The van der Waals surface area contributed by atoms with Crippen molar-refractivity contribution < 1.29 is 18.3 Å². The van der Waals surface area contributed by atoms with E-state index in [1.54, 1.807) is 0 Å². The van der Waals surface area contributed by atoms with Crippen LogP contribution in [0.2, 0.25) is 0 Å². The molecule has 0 aliphatic carbocycles. The summed E-state index contributed by atoms with van der Waals surface area (Å²) >= 11 is 0. The van der Waals surface area contributed by atoms with E-state index in [0.29, 0.717) is 13.0 Å². The van der Waals surface area contributed by atoms with E-state index in [2.05, 4.69) is 5.32 Å². The molecular formula is C11H14F3NO. The summed E-state index contributed by atoms with van der Waals surface area (Å²) in [6.07, 6.45) is 2.31. The summed E-state index contributed by atoms with van der Waals surface area (Å²) in [5.74, 6) is -3.85. The normalized spacial score (nSPS) is 10.5. The van der Waals surface area contributed by atoms with Gasteiger partial charge < -0.3 is 10.4 Å². The summed E-state index contributed by atoms with van der Waals surface area (Å²) in [5.41, 5.74) is 0.223. The molecule has 5 heteroatoms. The first kappa shape index (κ1) is 12.8. The van der Waals surface area contributed by atoms with Crippen LogP contribution in [0.3, 0.4) is 0 Å². The summed E-state index contributed by atoms with van der Waals surface area (Å²) in [4.78, 5) is 0. The van der Waals surface area contributed by atoms with Crippen molar-refractivity contribution in [2.45, 2.75) is 19.3 Å². The minimum atomic E-state index is -1.45. The molecule has 0 saturated heterocycles. The molecule has 16 heavy (non-hydrogen) atoms. The maximum absolute atomic E-state index is 12.8. The molecule has 1 aromatic carbocycles. The summed E-state index contributed by atoms with van der Waals surface area (Å²) in [6, 6.07) is 1.84. The van der Waals surface area contributed by atoms with Gasteiger partial charge in [0.15, 0.2) is 17.5 Å². The van der Waals surface area contributed by atoms with Crippen molar-refractivity contribution in [2.75, 3.05) is 18.5 Å². The lowest BCUT2D eigenvalue weighted by Crippen LogP contribution is -2.03. The van der Waals surface area contributed by atoms with Crippen LogP contribution in [0.15, 0.2) is 12.1 Å². The van der Waals surface area contributed by atoms with Crippen molar-refractivity contribution in [3.05, 3.63) is 29.6 Å². The van der Waals surface area contributed by atoms with Gasteiger partial charge in [-0.3, -0.25) is 0 Å². The third-order valence-electron chi connectivity index (χ3n) is 2.15. The Kier molecular flexibility index (Phi) is 5.11. The Hall–Kier alpha value is -1.23. The van der Waals surface area contributed by atoms with Gasteiger partial charge in [0.25, 0.3) is 0 Å². The summed E-state index contributed by atoms with van der Waals surface area (Å²) in [7, 11) is 0. The van der Waals surface area contributed by atoms with Gasteiger partial charge in [-0.2, -0.15) is 0 Å². The van der Waals surface area contributed by atoms with Crippen LogP contribution in [0.1, 0.15) is 19.3 Å². The zero-order valence-electron chi connectivity index (χ0n) is 8.77. The highest BCUT2D eigenvalue weighted by molar-refractivity contribution is 5.43. The van der Waals surface area contributed by atoms with Crippen molar-refractivity contribution >= 4 is 5.69 Å². The Balaban J connectivity index is 2.43. The van der Waals surface area contributed by atoms with Crippen LogP contribution in [-0.4, -0.2) is 18.3 Å². The maximum Gasteiger partial charge on any atom is 0.194 e. The lowest BCUT2D eigenvalue weighted by Gasteiger charge is -2.06. The number of nitrogens with one attached hydrogen (secondary N) is 1. The molecule has 0 aliphatic heterocycles. The molecule has 1 aromatic rings. The van der Waals surface area contributed by atoms with E-state index in [0.717, 1.165) is 25.0 Å². The van der Waals surface area contributed by atoms with Crippen LogP contribution in [0.5, 0.6) is 0 Å². The molecule has 0 amide bonds. The van der Waals surface area contributed by atoms with Crippen LogP contribution in [0.4, 0.5) is 18.9 Å². The van der Waals surface area contributed by atoms with E-state index in [9.17, 15) is 13.2 Å². The molecule has 2 N–H and O–H groups in total. The molecule has 90 valence electrons. The number of rotatable bonds is 6. The van der Waals surface area contributed by atoms with Crippen molar-refractivity contribution in [1.29, 1.82) is 0 Å². The molecule has 2 nitrogen and oxygen atoms in total. The number of aliphatic hydroxyl groups excluding tert-OH is 1. The highest BCUT2D eigenvalue weighted by atomic mass is 19.2. The quantitative estimate of drug-likeness (QED) is 0.585. The van der Waals surface area contributed by atoms with Gasteiger partial charge in [0, 0.05) is 31.0 Å².